The van der Waals surface area contributed by atoms with E-state index < -0.39 is 0 Å². The lowest BCUT2D eigenvalue weighted by atomic mass is 10.1. The molecule has 0 saturated heterocycles. The maximum absolute atomic E-state index is 11.6. The summed E-state index contributed by atoms with van der Waals surface area (Å²) in [6.45, 7) is 4.58. The predicted octanol–water partition coefficient (Wildman–Crippen LogP) is 2.09. The molecule has 0 aromatic carbocycles. The quantitative estimate of drug-likeness (QED) is 0.708. The maximum atomic E-state index is 11.6. The molecule has 0 atom stereocenters. The fraction of sp³-hybridized carbons (Fsp3) is 0.571. The lowest BCUT2D eigenvalue weighted by Gasteiger charge is -2.14. The molecule has 0 aliphatic rings. The smallest absolute Gasteiger partial charge is 0.286 e. The number of furan rings is 1. The molecule has 1 heterocycles. The summed E-state index contributed by atoms with van der Waals surface area (Å²) in [5.41, 5.74) is 0. The van der Waals surface area contributed by atoms with E-state index >= 15 is 0 Å². The zero-order chi connectivity index (χ0) is 14.1. The van der Waals surface area contributed by atoms with Crippen LogP contribution < -0.4 is 10.6 Å². The Kier molecular flexibility index (Phi) is 6.71. The Morgan fingerprint density at radius 3 is 2.63 bits per heavy atom. The van der Waals surface area contributed by atoms with Crippen LogP contribution in [0.25, 0.3) is 0 Å². The molecule has 106 valence electrons. The van der Waals surface area contributed by atoms with Gasteiger partial charge in [-0.1, -0.05) is 13.8 Å². The zero-order valence-electron chi connectivity index (χ0n) is 11.6. The van der Waals surface area contributed by atoms with E-state index in [0.29, 0.717) is 25.1 Å². The second-order valence-electron chi connectivity index (χ2n) is 4.42. The summed E-state index contributed by atoms with van der Waals surface area (Å²) in [6, 6.07) is 3.53. The largest absolute Gasteiger partial charge is 0.459 e. The zero-order valence-corrected chi connectivity index (χ0v) is 11.6. The van der Waals surface area contributed by atoms with Gasteiger partial charge in [0.25, 0.3) is 5.91 Å². The first-order chi connectivity index (χ1) is 9.17. The summed E-state index contributed by atoms with van der Waals surface area (Å²) in [5, 5.41) is 5.67. The molecule has 5 nitrogen and oxygen atoms in total. The summed E-state index contributed by atoms with van der Waals surface area (Å²) in [7, 11) is 0. The Balaban J connectivity index is 2.13. The molecule has 0 spiro atoms. The normalized spacial score (nSPS) is 10.5. The van der Waals surface area contributed by atoms with Crippen molar-refractivity contribution < 1.29 is 14.0 Å². The maximum Gasteiger partial charge on any atom is 0.286 e. The molecule has 0 aliphatic carbocycles. The SMILES string of the molecule is CCC(CC)NC(=O)CCCNC(=O)c1ccco1. The lowest BCUT2D eigenvalue weighted by Crippen LogP contribution is -2.34. The van der Waals surface area contributed by atoms with Crippen LogP contribution in [0.1, 0.15) is 50.1 Å². The van der Waals surface area contributed by atoms with E-state index in [1.165, 1.54) is 6.26 Å². The van der Waals surface area contributed by atoms with Gasteiger partial charge in [0.2, 0.25) is 5.91 Å². The van der Waals surface area contributed by atoms with Crippen molar-refractivity contribution in [2.75, 3.05) is 6.54 Å². The Hall–Kier alpha value is -1.78. The van der Waals surface area contributed by atoms with E-state index in [1.54, 1.807) is 12.1 Å². The molecule has 2 amide bonds. The molecular weight excluding hydrogens is 244 g/mol. The lowest BCUT2D eigenvalue weighted by molar-refractivity contribution is -0.121. The molecule has 0 radical (unpaired) electrons. The van der Waals surface area contributed by atoms with Gasteiger partial charge in [0.05, 0.1) is 6.26 Å². The number of carbonyl (C=O) groups excluding carboxylic acids is 2. The molecule has 2 N–H and O–H groups in total. The van der Waals surface area contributed by atoms with E-state index in [1.807, 2.05) is 0 Å². The van der Waals surface area contributed by atoms with Gasteiger partial charge in [0.1, 0.15) is 0 Å². The van der Waals surface area contributed by atoms with Crippen LogP contribution in [0.5, 0.6) is 0 Å². The highest BCUT2D eigenvalue weighted by molar-refractivity contribution is 5.91. The molecule has 19 heavy (non-hydrogen) atoms. The van der Waals surface area contributed by atoms with Crippen molar-refractivity contribution in [2.45, 2.75) is 45.6 Å². The van der Waals surface area contributed by atoms with Gasteiger partial charge in [-0.3, -0.25) is 9.59 Å². The molecule has 1 rings (SSSR count). The van der Waals surface area contributed by atoms with Crippen LogP contribution in [-0.4, -0.2) is 24.4 Å². The highest BCUT2D eigenvalue weighted by atomic mass is 16.3. The minimum absolute atomic E-state index is 0.0425. The van der Waals surface area contributed by atoms with Crippen molar-refractivity contribution in [2.24, 2.45) is 0 Å². The third kappa shape index (κ3) is 5.59. The van der Waals surface area contributed by atoms with Crippen LogP contribution in [0.4, 0.5) is 0 Å². The van der Waals surface area contributed by atoms with Gasteiger partial charge in [0.15, 0.2) is 5.76 Å². The van der Waals surface area contributed by atoms with Gasteiger partial charge in [0, 0.05) is 19.0 Å². The van der Waals surface area contributed by atoms with Crippen molar-refractivity contribution >= 4 is 11.8 Å². The number of carbonyl (C=O) groups is 2. The number of nitrogens with one attached hydrogen (secondary N) is 2. The standard InChI is InChI=1S/C14H22N2O3/c1-3-11(4-2)16-13(17)8-5-9-15-14(18)12-7-6-10-19-12/h6-7,10-11H,3-5,8-9H2,1-2H3,(H,15,18)(H,16,17). The number of hydrogen-bond acceptors (Lipinski definition) is 3. The molecule has 1 aromatic rings. The topological polar surface area (TPSA) is 71.3 Å². The van der Waals surface area contributed by atoms with E-state index in [-0.39, 0.29) is 17.9 Å². The summed E-state index contributed by atoms with van der Waals surface area (Å²) < 4.78 is 4.96. The fourth-order valence-electron chi connectivity index (χ4n) is 1.74. The Morgan fingerprint density at radius 2 is 2.05 bits per heavy atom. The second-order valence-corrected chi connectivity index (χ2v) is 4.42. The predicted molar refractivity (Wildman–Crippen MR) is 72.8 cm³/mol. The van der Waals surface area contributed by atoms with E-state index in [2.05, 4.69) is 24.5 Å². The van der Waals surface area contributed by atoms with Crippen molar-refractivity contribution in [3.8, 4) is 0 Å². The van der Waals surface area contributed by atoms with Crippen LogP contribution >= 0.6 is 0 Å². The molecular formula is C14H22N2O3. The number of amides is 2. The van der Waals surface area contributed by atoms with Gasteiger partial charge in [-0.15, -0.1) is 0 Å². The summed E-state index contributed by atoms with van der Waals surface area (Å²) >= 11 is 0. The molecule has 1 aromatic heterocycles. The molecule has 0 fully saturated rings. The van der Waals surface area contributed by atoms with E-state index in [9.17, 15) is 9.59 Å². The van der Waals surface area contributed by atoms with Crippen molar-refractivity contribution in [1.29, 1.82) is 0 Å². The fourth-order valence-corrected chi connectivity index (χ4v) is 1.74. The first-order valence-electron chi connectivity index (χ1n) is 6.78. The summed E-state index contributed by atoms with van der Waals surface area (Å²) in [6.07, 6.45) is 4.39. The Morgan fingerprint density at radius 1 is 1.32 bits per heavy atom. The minimum Gasteiger partial charge on any atom is -0.459 e. The Labute approximate surface area is 113 Å². The third-order valence-corrected chi connectivity index (χ3v) is 2.96. The van der Waals surface area contributed by atoms with Gasteiger partial charge in [-0.05, 0) is 31.4 Å². The van der Waals surface area contributed by atoms with Gasteiger partial charge in [-0.25, -0.2) is 0 Å². The van der Waals surface area contributed by atoms with Crippen LogP contribution in [0.2, 0.25) is 0 Å². The molecule has 5 heteroatoms. The van der Waals surface area contributed by atoms with Gasteiger partial charge in [-0.2, -0.15) is 0 Å². The minimum atomic E-state index is -0.245. The number of hydrogen-bond donors (Lipinski definition) is 2. The van der Waals surface area contributed by atoms with Gasteiger partial charge >= 0.3 is 0 Å². The molecule has 0 bridgehead atoms. The highest BCUT2D eigenvalue weighted by Crippen LogP contribution is 2.00. The van der Waals surface area contributed by atoms with Crippen molar-refractivity contribution in [1.82, 2.24) is 10.6 Å². The molecule has 0 aliphatic heterocycles. The van der Waals surface area contributed by atoms with Gasteiger partial charge < -0.3 is 15.1 Å². The number of rotatable bonds is 8. The van der Waals surface area contributed by atoms with Crippen molar-refractivity contribution in [3.63, 3.8) is 0 Å². The monoisotopic (exact) mass is 266 g/mol. The first kappa shape index (κ1) is 15.3. The average molecular weight is 266 g/mol. The van der Waals surface area contributed by atoms with Crippen LogP contribution in [-0.2, 0) is 4.79 Å². The Bertz CT molecular complexity index is 383. The van der Waals surface area contributed by atoms with Crippen molar-refractivity contribution in [3.05, 3.63) is 24.2 Å². The summed E-state index contributed by atoms with van der Waals surface area (Å²) in [5.74, 6) is 0.0906. The van der Waals surface area contributed by atoms with Crippen LogP contribution in [0, 0.1) is 0 Å². The average Bonchev–Trinajstić information content (AvgIpc) is 2.94. The molecule has 0 unspecified atom stereocenters. The second kappa shape index (κ2) is 8.34. The van der Waals surface area contributed by atoms with E-state index in [0.717, 1.165) is 12.8 Å². The summed E-state index contributed by atoms with van der Waals surface area (Å²) in [4.78, 5) is 23.1. The molecule has 0 saturated carbocycles. The third-order valence-electron chi connectivity index (χ3n) is 2.96. The van der Waals surface area contributed by atoms with E-state index in [4.69, 9.17) is 4.42 Å². The van der Waals surface area contributed by atoms with Crippen LogP contribution in [0.3, 0.4) is 0 Å². The first-order valence-corrected chi connectivity index (χ1v) is 6.78. The van der Waals surface area contributed by atoms with Crippen LogP contribution in [0.15, 0.2) is 22.8 Å². The highest BCUT2D eigenvalue weighted by Gasteiger charge is 2.09.